The normalized spacial score (nSPS) is 14.0. The van der Waals surface area contributed by atoms with Crippen molar-refractivity contribution in [3.63, 3.8) is 0 Å². The fourth-order valence-electron chi connectivity index (χ4n) is 4.57. The Balaban J connectivity index is 1.64. The summed E-state index contributed by atoms with van der Waals surface area (Å²) in [5, 5.41) is 21.4. The number of anilines is 1. The van der Waals surface area contributed by atoms with Crippen LogP contribution < -0.4 is 15.2 Å². The van der Waals surface area contributed by atoms with Gasteiger partial charge in [-0.15, -0.1) is 0 Å². The number of para-hydroxylation sites is 1. The zero-order valence-corrected chi connectivity index (χ0v) is 18.5. The molecule has 0 unspecified atom stereocenters. The molecule has 2 aromatic carbocycles. The molecule has 1 saturated heterocycles. The summed E-state index contributed by atoms with van der Waals surface area (Å²) in [6.45, 7) is 3.06. The van der Waals surface area contributed by atoms with Crippen LogP contribution in [0.25, 0.3) is 11.1 Å². The molecule has 3 aromatic rings. The number of nitrogens with one attached hydrogen (secondary N) is 1. The van der Waals surface area contributed by atoms with Gasteiger partial charge in [-0.1, -0.05) is 24.3 Å². The summed E-state index contributed by atoms with van der Waals surface area (Å²) < 4.78 is 5.50. The van der Waals surface area contributed by atoms with Crippen LogP contribution in [0.15, 0.2) is 53.3 Å². The minimum Gasteiger partial charge on any atom is -0.496 e. The third-order valence-electron chi connectivity index (χ3n) is 6.18. The second-order valence-corrected chi connectivity index (χ2v) is 8.15. The van der Waals surface area contributed by atoms with Gasteiger partial charge in [0.25, 0.3) is 11.2 Å². The monoisotopic (exact) mass is 444 g/mol. The molecule has 2 heterocycles. The molecule has 1 aromatic heterocycles. The Kier molecular flexibility index (Phi) is 6.13. The molecule has 0 saturated carbocycles. The lowest BCUT2D eigenvalue weighted by Crippen LogP contribution is -2.33. The topological polar surface area (TPSA) is 112 Å². The highest BCUT2D eigenvalue weighted by Gasteiger charge is 2.27. The number of nitro benzene ring substituents is 1. The molecule has 1 fully saturated rings. The van der Waals surface area contributed by atoms with E-state index in [-0.39, 0.29) is 11.3 Å². The van der Waals surface area contributed by atoms with Gasteiger partial charge in [0, 0.05) is 30.4 Å². The maximum Gasteiger partial charge on any atom is 0.293 e. The Morgan fingerprint density at radius 2 is 1.91 bits per heavy atom. The summed E-state index contributed by atoms with van der Waals surface area (Å²) in [6.07, 6.45) is 1.70. The highest BCUT2D eigenvalue weighted by Crippen LogP contribution is 2.39. The first kappa shape index (κ1) is 22.1. The van der Waals surface area contributed by atoms with Crippen LogP contribution >= 0.6 is 0 Å². The van der Waals surface area contributed by atoms with Crippen molar-refractivity contribution in [3.05, 3.63) is 85.8 Å². The van der Waals surface area contributed by atoms with E-state index < -0.39 is 10.5 Å². The molecule has 0 amide bonds. The van der Waals surface area contributed by atoms with E-state index in [0.717, 1.165) is 24.2 Å². The number of H-pyrrole nitrogens is 1. The van der Waals surface area contributed by atoms with Gasteiger partial charge in [0.1, 0.15) is 23.1 Å². The fourth-order valence-corrected chi connectivity index (χ4v) is 4.57. The zero-order chi connectivity index (χ0) is 23.5. The van der Waals surface area contributed by atoms with E-state index in [1.165, 1.54) is 6.07 Å². The molecule has 0 aliphatic carbocycles. The maximum atomic E-state index is 12.2. The minimum absolute atomic E-state index is 0.0370. The van der Waals surface area contributed by atoms with Gasteiger partial charge in [-0.3, -0.25) is 14.9 Å². The van der Waals surface area contributed by atoms with E-state index in [2.05, 4.69) is 11.1 Å². The smallest absolute Gasteiger partial charge is 0.293 e. The Morgan fingerprint density at radius 1 is 1.18 bits per heavy atom. The van der Waals surface area contributed by atoms with Crippen molar-refractivity contribution in [1.29, 1.82) is 5.26 Å². The highest BCUT2D eigenvalue weighted by atomic mass is 16.6. The van der Waals surface area contributed by atoms with Crippen LogP contribution in [0.5, 0.6) is 5.75 Å². The van der Waals surface area contributed by atoms with Gasteiger partial charge < -0.3 is 14.6 Å². The van der Waals surface area contributed by atoms with E-state index in [1.807, 2.05) is 29.2 Å². The van der Waals surface area contributed by atoms with E-state index in [4.69, 9.17) is 4.74 Å². The molecule has 1 aliphatic heterocycles. The number of ether oxygens (including phenoxy) is 1. The Hall–Kier alpha value is -4.12. The lowest BCUT2D eigenvalue weighted by Gasteiger charge is -2.34. The number of hydrogen-bond donors (Lipinski definition) is 1. The summed E-state index contributed by atoms with van der Waals surface area (Å²) in [4.78, 5) is 28.3. The molecule has 1 aliphatic rings. The standard InChI is InChI=1S/C25H24N4O4/c1-16-13-20(21(15-26)25(30)27-16)18-7-8-22(23(14-18)29(31)32)28-11-9-17(10-12-28)19-5-3-4-6-24(19)33-2/h3-8,13-14,17H,9-12H2,1-2H3,(H,27,30). The van der Waals surface area contributed by atoms with Crippen molar-refractivity contribution in [2.75, 3.05) is 25.1 Å². The van der Waals surface area contributed by atoms with Crippen molar-refractivity contribution in [1.82, 2.24) is 4.98 Å². The fraction of sp³-hybridized carbons (Fsp3) is 0.280. The van der Waals surface area contributed by atoms with Crippen LogP contribution in [-0.2, 0) is 0 Å². The lowest BCUT2D eigenvalue weighted by atomic mass is 9.88. The average Bonchev–Trinajstić information content (AvgIpc) is 2.83. The van der Waals surface area contributed by atoms with Gasteiger partial charge in [0.2, 0.25) is 0 Å². The molecule has 168 valence electrons. The molecular formula is C25H24N4O4. The van der Waals surface area contributed by atoms with E-state index in [0.29, 0.717) is 41.5 Å². The number of benzene rings is 2. The van der Waals surface area contributed by atoms with Gasteiger partial charge in [-0.2, -0.15) is 5.26 Å². The molecule has 33 heavy (non-hydrogen) atoms. The Bertz CT molecular complexity index is 1300. The summed E-state index contributed by atoms with van der Waals surface area (Å²) >= 11 is 0. The van der Waals surface area contributed by atoms with Crippen LogP contribution in [0.3, 0.4) is 0 Å². The number of aromatic nitrogens is 1. The van der Waals surface area contributed by atoms with Crippen molar-refractivity contribution >= 4 is 11.4 Å². The molecule has 0 spiro atoms. The van der Waals surface area contributed by atoms with E-state index in [1.54, 1.807) is 32.2 Å². The third-order valence-corrected chi connectivity index (χ3v) is 6.18. The number of nitriles is 1. The van der Waals surface area contributed by atoms with Gasteiger partial charge in [-0.25, -0.2) is 0 Å². The number of aromatic amines is 1. The molecule has 8 heteroatoms. The number of aryl methyl sites for hydroxylation is 1. The average molecular weight is 444 g/mol. The largest absolute Gasteiger partial charge is 0.496 e. The van der Waals surface area contributed by atoms with Gasteiger partial charge in [0.15, 0.2) is 0 Å². The van der Waals surface area contributed by atoms with Gasteiger partial charge in [-0.05, 0) is 55.0 Å². The van der Waals surface area contributed by atoms with Crippen LogP contribution in [0.1, 0.15) is 35.6 Å². The van der Waals surface area contributed by atoms with Crippen molar-refractivity contribution in [2.45, 2.75) is 25.7 Å². The second-order valence-electron chi connectivity index (χ2n) is 8.15. The Labute approximate surface area is 191 Å². The molecule has 4 rings (SSSR count). The molecule has 8 nitrogen and oxygen atoms in total. The predicted octanol–water partition coefficient (Wildman–Crippen LogP) is 4.52. The number of methoxy groups -OCH3 is 1. The summed E-state index contributed by atoms with van der Waals surface area (Å²) in [5.74, 6) is 1.20. The summed E-state index contributed by atoms with van der Waals surface area (Å²) in [6, 6.07) is 16.5. The SMILES string of the molecule is COc1ccccc1C1CCN(c2ccc(-c3cc(C)[nH]c(=O)c3C#N)cc2[N+](=O)[O-])CC1. The molecule has 0 radical (unpaired) electrons. The predicted molar refractivity (Wildman–Crippen MR) is 126 cm³/mol. The maximum absolute atomic E-state index is 12.2. The second kappa shape index (κ2) is 9.17. The van der Waals surface area contributed by atoms with Crippen LogP contribution in [-0.4, -0.2) is 30.1 Å². The Morgan fingerprint density at radius 3 is 2.58 bits per heavy atom. The summed E-state index contributed by atoms with van der Waals surface area (Å²) in [7, 11) is 1.67. The van der Waals surface area contributed by atoms with Crippen molar-refractivity contribution < 1.29 is 9.66 Å². The summed E-state index contributed by atoms with van der Waals surface area (Å²) in [5.41, 5.74) is 2.56. The number of nitrogens with zero attached hydrogens (tertiary/aromatic N) is 3. The first-order valence-corrected chi connectivity index (χ1v) is 10.7. The van der Waals surface area contributed by atoms with Crippen molar-refractivity contribution in [3.8, 4) is 22.9 Å². The minimum atomic E-state index is -0.502. The molecular weight excluding hydrogens is 420 g/mol. The van der Waals surface area contributed by atoms with E-state index >= 15 is 0 Å². The van der Waals surface area contributed by atoms with Crippen molar-refractivity contribution in [2.24, 2.45) is 0 Å². The van der Waals surface area contributed by atoms with Crippen LogP contribution in [0, 0.1) is 28.4 Å². The lowest BCUT2D eigenvalue weighted by molar-refractivity contribution is -0.384. The number of nitro groups is 1. The zero-order valence-electron chi connectivity index (χ0n) is 18.5. The van der Waals surface area contributed by atoms with E-state index in [9.17, 15) is 20.2 Å². The molecule has 0 bridgehead atoms. The van der Waals surface area contributed by atoms with Crippen LogP contribution in [0.4, 0.5) is 11.4 Å². The first-order chi connectivity index (χ1) is 15.9. The number of piperidine rings is 1. The molecule has 0 atom stereocenters. The van der Waals surface area contributed by atoms with Gasteiger partial charge >= 0.3 is 0 Å². The number of hydrogen-bond acceptors (Lipinski definition) is 6. The number of pyridine rings is 1. The highest BCUT2D eigenvalue weighted by molar-refractivity contribution is 5.77. The van der Waals surface area contributed by atoms with Crippen LogP contribution in [0.2, 0.25) is 0 Å². The quantitative estimate of drug-likeness (QED) is 0.457. The third kappa shape index (κ3) is 4.30. The number of rotatable bonds is 5. The molecule has 1 N–H and O–H groups in total. The first-order valence-electron chi connectivity index (χ1n) is 10.7. The van der Waals surface area contributed by atoms with Gasteiger partial charge in [0.05, 0.1) is 12.0 Å².